The van der Waals surface area contributed by atoms with Crippen LogP contribution in [0.5, 0.6) is 0 Å². The summed E-state index contributed by atoms with van der Waals surface area (Å²) in [4.78, 5) is 33.2. The molecule has 2 heterocycles. The second-order valence-corrected chi connectivity index (χ2v) is 5.53. The molecule has 9 nitrogen and oxygen atoms in total. The number of aryl methyl sites for hydroxylation is 1. The van der Waals surface area contributed by atoms with Crippen LogP contribution in [0.25, 0.3) is 0 Å². The summed E-state index contributed by atoms with van der Waals surface area (Å²) < 4.78 is 1.67. The molecule has 1 saturated heterocycles. The lowest BCUT2D eigenvalue weighted by Crippen LogP contribution is -2.56. The first-order valence-electron chi connectivity index (χ1n) is 7.37. The number of hydrogen-bond donors (Lipinski definition) is 1. The van der Waals surface area contributed by atoms with Gasteiger partial charge in [-0.3, -0.25) is 19.3 Å². The molecular formula is C14H23N7O2. The highest BCUT2D eigenvalue weighted by atomic mass is 16.2. The number of aliphatic imine (C=N–C) groups is 1. The molecular weight excluding hydrogens is 298 g/mol. The lowest BCUT2D eigenvalue weighted by molar-refractivity contribution is -0.127. The first-order chi connectivity index (χ1) is 10.9. The van der Waals surface area contributed by atoms with Crippen LogP contribution in [0.1, 0.15) is 0 Å². The fourth-order valence-electron chi connectivity index (χ4n) is 2.32. The average Bonchev–Trinajstić information content (AvgIpc) is 2.94. The lowest BCUT2D eigenvalue weighted by Gasteiger charge is -2.35. The minimum atomic E-state index is -0.0496. The molecule has 0 saturated carbocycles. The van der Waals surface area contributed by atoms with Crippen molar-refractivity contribution in [3.05, 3.63) is 12.4 Å². The molecule has 0 radical (unpaired) electrons. The number of aromatic nitrogens is 2. The highest BCUT2D eigenvalue weighted by Gasteiger charge is 2.27. The number of likely N-dealkylation sites (N-methyl/N-ethyl adjacent to an activating group) is 1. The van der Waals surface area contributed by atoms with E-state index in [4.69, 9.17) is 0 Å². The van der Waals surface area contributed by atoms with E-state index in [-0.39, 0.29) is 24.9 Å². The van der Waals surface area contributed by atoms with Crippen LogP contribution in [0.4, 0.5) is 5.69 Å². The Balaban J connectivity index is 1.95. The number of rotatable bonds is 3. The Morgan fingerprint density at radius 3 is 2.70 bits per heavy atom. The molecule has 0 spiro atoms. The second kappa shape index (κ2) is 7.12. The van der Waals surface area contributed by atoms with Gasteiger partial charge in [0.1, 0.15) is 6.54 Å². The van der Waals surface area contributed by atoms with Gasteiger partial charge >= 0.3 is 0 Å². The van der Waals surface area contributed by atoms with Crippen molar-refractivity contribution in [3.8, 4) is 0 Å². The lowest BCUT2D eigenvalue weighted by atomic mass is 10.3. The SMILES string of the molecule is CN=C(NCC(=O)N(C)C)N1CCN(c2cnn(C)c2)C(=O)C1. The fourth-order valence-corrected chi connectivity index (χ4v) is 2.32. The number of anilines is 1. The number of carbonyl (C=O) groups is 2. The first kappa shape index (κ1) is 16.8. The zero-order valence-electron chi connectivity index (χ0n) is 14.0. The van der Waals surface area contributed by atoms with Gasteiger partial charge in [-0.05, 0) is 0 Å². The third-order valence-electron chi connectivity index (χ3n) is 3.63. The average molecular weight is 321 g/mol. The van der Waals surface area contributed by atoms with E-state index in [1.807, 2.05) is 18.1 Å². The van der Waals surface area contributed by atoms with Crippen LogP contribution < -0.4 is 10.2 Å². The van der Waals surface area contributed by atoms with Crippen molar-refractivity contribution in [2.75, 3.05) is 52.2 Å². The number of nitrogens with one attached hydrogen (secondary N) is 1. The van der Waals surface area contributed by atoms with Crippen LogP contribution in [0.3, 0.4) is 0 Å². The Kier molecular flexibility index (Phi) is 5.20. The third kappa shape index (κ3) is 3.99. The molecule has 1 fully saturated rings. The number of carbonyl (C=O) groups excluding carboxylic acids is 2. The topological polar surface area (TPSA) is 86.1 Å². The zero-order valence-corrected chi connectivity index (χ0v) is 14.0. The van der Waals surface area contributed by atoms with E-state index in [9.17, 15) is 9.59 Å². The predicted molar refractivity (Wildman–Crippen MR) is 87.2 cm³/mol. The van der Waals surface area contributed by atoms with E-state index in [1.165, 1.54) is 4.90 Å². The predicted octanol–water partition coefficient (Wildman–Crippen LogP) is -1.27. The van der Waals surface area contributed by atoms with Crippen LogP contribution in [0, 0.1) is 0 Å². The molecule has 1 N–H and O–H groups in total. The van der Waals surface area contributed by atoms with Crippen molar-refractivity contribution >= 4 is 23.5 Å². The molecule has 1 aliphatic rings. The molecule has 9 heteroatoms. The minimum Gasteiger partial charge on any atom is -0.347 e. The molecule has 0 unspecified atom stereocenters. The number of piperazine rings is 1. The van der Waals surface area contributed by atoms with Gasteiger partial charge in [0.05, 0.1) is 18.4 Å². The van der Waals surface area contributed by atoms with Crippen LogP contribution >= 0.6 is 0 Å². The van der Waals surface area contributed by atoms with Gasteiger partial charge in [-0.1, -0.05) is 0 Å². The Labute approximate surface area is 135 Å². The summed E-state index contributed by atoms with van der Waals surface area (Å²) in [6, 6.07) is 0. The van der Waals surface area contributed by atoms with E-state index < -0.39 is 0 Å². The molecule has 2 rings (SSSR count). The molecule has 0 bridgehead atoms. The molecule has 0 aromatic carbocycles. The molecule has 0 atom stereocenters. The summed E-state index contributed by atoms with van der Waals surface area (Å²) in [5, 5.41) is 7.09. The maximum Gasteiger partial charge on any atom is 0.246 e. The summed E-state index contributed by atoms with van der Waals surface area (Å²) in [5.41, 5.74) is 0.794. The standard InChI is InChI=1S/C14H23N7O2/c1-15-14(16-8-12(22)18(2)3)20-5-6-21(13(23)10-20)11-7-17-19(4)9-11/h7,9H,5-6,8,10H2,1-4H3,(H,15,16). The molecule has 1 aromatic heterocycles. The number of nitrogens with zero attached hydrogens (tertiary/aromatic N) is 6. The Morgan fingerprint density at radius 2 is 2.17 bits per heavy atom. The van der Waals surface area contributed by atoms with Crippen molar-refractivity contribution < 1.29 is 9.59 Å². The normalized spacial score (nSPS) is 15.8. The van der Waals surface area contributed by atoms with Crippen molar-refractivity contribution in [2.24, 2.45) is 12.0 Å². The summed E-state index contributed by atoms with van der Waals surface area (Å²) in [7, 11) is 6.85. The summed E-state index contributed by atoms with van der Waals surface area (Å²) in [6.07, 6.45) is 3.49. The smallest absolute Gasteiger partial charge is 0.246 e. The van der Waals surface area contributed by atoms with Gasteiger partial charge in [0.25, 0.3) is 0 Å². The quantitative estimate of drug-likeness (QED) is 0.554. The van der Waals surface area contributed by atoms with Gasteiger partial charge in [0.15, 0.2) is 5.96 Å². The maximum absolute atomic E-state index is 12.4. The van der Waals surface area contributed by atoms with E-state index >= 15 is 0 Å². The number of amides is 2. The maximum atomic E-state index is 12.4. The largest absolute Gasteiger partial charge is 0.347 e. The molecule has 0 aliphatic carbocycles. The molecule has 1 aliphatic heterocycles. The van der Waals surface area contributed by atoms with Gasteiger partial charge in [-0.15, -0.1) is 0 Å². The Morgan fingerprint density at radius 1 is 1.43 bits per heavy atom. The molecule has 1 aromatic rings. The van der Waals surface area contributed by atoms with Crippen molar-refractivity contribution in [1.82, 2.24) is 24.9 Å². The van der Waals surface area contributed by atoms with Crippen molar-refractivity contribution in [1.29, 1.82) is 0 Å². The minimum absolute atomic E-state index is 0.0221. The highest BCUT2D eigenvalue weighted by molar-refractivity contribution is 5.98. The van der Waals surface area contributed by atoms with Crippen LogP contribution in [-0.2, 0) is 16.6 Å². The van der Waals surface area contributed by atoms with Crippen molar-refractivity contribution in [2.45, 2.75) is 0 Å². The van der Waals surface area contributed by atoms with Crippen molar-refractivity contribution in [3.63, 3.8) is 0 Å². The van der Waals surface area contributed by atoms with Gasteiger partial charge in [0, 0.05) is 47.5 Å². The van der Waals surface area contributed by atoms with E-state index in [1.54, 1.807) is 36.9 Å². The monoisotopic (exact) mass is 321 g/mol. The summed E-state index contributed by atoms with van der Waals surface area (Å²) >= 11 is 0. The van der Waals surface area contributed by atoms with Gasteiger partial charge in [0.2, 0.25) is 11.8 Å². The van der Waals surface area contributed by atoms with E-state index in [0.29, 0.717) is 19.0 Å². The van der Waals surface area contributed by atoms with Crippen LogP contribution in [0.2, 0.25) is 0 Å². The molecule has 23 heavy (non-hydrogen) atoms. The highest BCUT2D eigenvalue weighted by Crippen LogP contribution is 2.15. The number of guanidine groups is 1. The van der Waals surface area contributed by atoms with Gasteiger partial charge in [-0.2, -0.15) is 5.10 Å². The Hall–Kier alpha value is -2.58. The third-order valence-corrected chi connectivity index (χ3v) is 3.63. The van der Waals surface area contributed by atoms with E-state index in [2.05, 4.69) is 15.4 Å². The zero-order chi connectivity index (χ0) is 17.0. The summed E-state index contributed by atoms with van der Waals surface area (Å²) in [5.74, 6) is 0.483. The first-order valence-corrected chi connectivity index (χ1v) is 7.37. The Bertz CT molecular complexity index is 608. The molecule has 126 valence electrons. The fraction of sp³-hybridized carbons (Fsp3) is 0.571. The second-order valence-electron chi connectivity index (χ2n) is 5.53. The number of hydrogen-bond acceptors (Lipinski definition) is 4. The van der Waals surface area contributed by atoms with Crippen LogP contribution in [0.15, 0.2) is 17.4 Å². The van der Waals surface area contributed by atoms with Crippen LogP contribution in [-0.4, -0.2) is 84.7 Å². The van der Waals surface area contributed by atoms with E-state index in [0.717, 1.165) is 5.69 Å². The summed E-state index contributed by atoms with van der Waals surface area (Å²) in [6.45, 7) is 1.55. The molecule has 2 amide bonds. The van der Waals surface area contributed by atoms with Gasteiger partial charge in [-0.25, -0.2) is 0 Å². The van der Waals surface area contributed by atoms with Gasteiger partial charge < -0.3 is 20.0 Å².